The van der Waals surface area contributed by atoms with Crippen LogP contribution in [0, 0.1) is 0 Å². The molecule has 1 N–H and O–H groups in total. The number of carbonyl (C=O) groups is 2. The van der Waals surface area contributed by atoms with Gasteiger partial charge in [0.25, 0.3) is 0 Å². The van der Waals surface area contributed by atoms with Gasteiger partial charge in [0.15, 0.2) is 0 Å². The predicted molar refractivity (Wildman–Crippen MR) is 54.4 cm³/mol. The molecule has 1 rings (SSSR count). The molecular formula is C10H15NO5. The number of nitrogens with zero attached hydrogens (tertiary/aromatic N) is 1. The van der Waals surface area contributed by atoms with Crippen LogP contribution in [0.15, 0.2) is 12.3 Å². The van der Waals surface area contributed by atoms with Gasteiger partial charge in [0.1, 0.15) is 6.04 Å². The van der Waals surface area contributed by atoms with Gasteiger partial charge < -0.3 is 14.6 Å². The van der Waals surface area contributed by atoms with Crippen LogP contribution in [-0.2, 0) is 14.3 Å². The molecule has 1 aliphatic rings. The molecule has 2 atom stereocenters. The highest BCUT2D eigenvalue weighted by molar-refractivity contribution is 5.82. The number of hydrogen-bond donors (Lipinski definition) is 1. The Morgan fingerprint density at radius 3 is 2.62 bits per heavy atom. The first-order chi connectivity index (χ1) is 7.45. The number of aliphatic hydroxyl groups excluding tert-OH is 1. The number of β-amino-alcohol motifs (C(OH)–C–C–N with tert-alkyl or cyclic N) is 1. The number of aliphatic hydroxyl groups is 1. The summed E-state index contributed by atoms with van der Waals surface area (Å²) in [6, 6.07) is -0.785. The van der Waals surface area contributed by atoms with Gasteiger partial charge in [-0.2, -0.15) is 0 Å². The number of hydrogen-bond acceptors (Lipinski definition) is 5. The van der Waals surface area contributed by atoms with Crippen LogP contribution < -0.4 is 0 Å². The molecule has 0 aromatic heterocycles. The normalized spacial score (nSPS) is 24.1. The van der Waals surface area contributed by atoms with Crippen molar-refractivity contribution in [1.29, 1.82) is 0 Å². The van der Waals surface area contributed by atoms with Crippen molar-refractivity contribution in [3.8, 4) is 0 Å². The lowest BCUT2D eigenvalue weighted by molar-refractivity contribution is -0.145. The SMILES string of the molecule is C=C(C)OC(=O)N1C[C@@H](O)C[C@H]1C(=O)OC. The molecule has 1 saturated heterocycles. The molecule has 0 aromatic carbocycles. The predicted octanol–water partition coefficient (Wildman–Crippen LogP) is 0.265. The van der Waals surface area contributed by atoms with Crippen LogP contribution in [0.25, 0.3) is 0 Å². The second-order valence-electron chi connectivity index (χ2n) is 3.65. The minimum Gasteiger partial charge on any atom is -0.467 e. The average Bonchev–Trinajstić information content (AvgIpc) is 2.58. The third-order valence-electron chi connectivity index (χ3n) is 2.25. The zero-order chi connectivity index (χ0) is 12.3. The first-order valence-electron chi connectivity index (χ1n) is 4.85. The zero-order valence-electron chi connectivity index (χ0n) is 9.30. The number of carbonyl (C=O) groups excluding carboxylic acids is 2. The molecule has 0 saturated carbocycles. The van der Waals surface area contributed by atoms with Crippen molar-refractivity contribution in [2.75, 3.05) is 13.7 Å². The number of methoxy groups -OCH3 is 1. The molecule has 6 nitrogen and oxygen atoms in total. The fraction of sp³-hybridized carbons (Fsp3) is 0.600. The molecular weight excluding hydrogens is 214 g/mol. The van der Waals surface area contributed by atoms with E-state index in [0.717, 1.165) is 4.90 Å². The second kappa shape index (κ2) is 4.98. The van der Waals surface area contributed by atoms with Crippen LogP contribution in [-0.4, -0.2) is 47.9 Å². The first-order valence-corrected chi connectivity index (χ1v) is 4.85. The molecule has 1 aliphatic heterocycles. The van der Waals surface area contributed by atoms with E-state index in [1.165, 1.54) is 14.0 Å². The van der Waals surface area contributed by atoms with Gasteiger partial charge in [-0.1, -0.05) is 6.58 Å². The van der Waals surface area contributed by atoms with Crippen molar-refractivity contribution < 1.29 is 24.2 Å². The molecule has 0 bridgehead atoms. The van der Waals surface area contributed by atoms with Gasteiger partial charge in [0.2, 0.25) is 0 Å². The monoisotopic (exact) mass is 229 g/mol. The number of likely N-dealkylation sites (tertiary alicyclic amines) is 1. The largest absolute Gasteiger partial charge is 0.467 e. The number of ether oxygens (including phenoxy) is 2. The van der Waals surface area contributed by atoms with E-state index >= 15 is 0 Å². The van der Waals surface area contributed by atoms with Gasteiger partial charge in [0, 0.05) is 6.42 Å². The van der Waals surface area contributed by atoms with E-state index in [1.807, 2.05) is 0 Å². The summed E-state index contributed by atoms with van der Waals surface area (Å²) >= 11 is 0. The molecule has 0 radical (unpaired) electrons. The van der Waals surface area contributed by atoms with Crippen molar-refractivity contribution in [1.82, 2.24) is 4.90 Å². The summed E-state index contributed by atoms with van der Waals surface area (Å²) in [5.74, 6) is -0.328. The smallest absolute Gasteiger partial charge is 0.415 e. The molecule has 90 valence electrons. The third kappa shape index (κ3) is 2.73. The van der Waals surface area contributed by atoms with Gasteiger partial charge in [-0.05, 0) is 6.92 Å². The van der Waals surface area contributed by atoms with Gasteiger partial charge in [-0.15, -0.1) is 0 Å². The fourth-order valence-corrected chi connectivity index (χ4v) is 1.58. The standard InChI is InChI=1S/C10H15NO5/c1-6(2)16-10(14)11-5-7(12)4-8(11)9(13)15-3/h7-8,12H,1,4-5H2,2-3H3/t7-,8-/m0/s1. The molecule has 0 spiro atoms. The summed E-state index contributed by atoms with van der Waals surface area (Å²) < 4.78 is 9.33. The average molecular weight is 229 g/mol. The lowest BCUT2D eigenvalue weighted by atomic mass is 10.2. The molecule has 0 aromatic rings. The number of rotatable bonds is 2. The Hall–Kier alpha value is -1.56. The van der Waals surface area contributed by atoms with Crippen molar-refractivity contribution in [3.05, 3.63) is 12.3 Å². The zero-order valence-corrected chi connectivity index (χ0v) is 9.30. The van der Waals surface area contributed by atoms with E-state index in [-0.39, 0.29) is 18.7 Å². The van der Waals surface area contributed by atoms with Crippen molar-refractivity contribution in [2.45, 2.75) is 25.5 Å². The van der Waals surface area contributed by atoms with E-state index < -0.39 is 24.2 Å². The topological polar surface area (TPSA) is 76.1 Å². The molecule has 0 unspecified atom stereocenters. The Bertz CT molecular complexity index is 314. The Morgan fingerprint density at radius 2 is 2.12 bits per heavy atom. The summed E-state index contributed by atoms with van der Waals surface area (Å²) in [6.07, 6.45) is -1.26. The Balaban J connectivity index is 2.72. The van der Waals surface area contributed by atoms with Gasteiger partial charge in [-0.3, -0.25) is 4.90 Å². The van der Waals surface area contributed by atoms with Crippen LogP contribution in [0.5, 0.6) is 0 Å². The van der Waals surface area contributed by atoms with Gasteiger partial charge >= 0.3 is 12.1 Å². The molecule has 0 aliphatic carbocycles. The highest BCUT2D eigenvalue weighted by Crippen LogP contribution is 2.20. The van der Waals surface area contributed by atoms with Crippen LogP contribution >= 0.6 is 0 Å². The quantitative estimate of drug-likeness (QED) is 0.543. The van der Waals surface area contributed by atoms with Crippen LogP contribution in [0.2, 0.25) is 0 Å². The summed E-state index contributed by atoms with van der Waals surface area (Å²) in [4.78, 5) is 24.1. The summed E-state index contributed by atoms with van der Waals surface area (Å²) in [6.45, 7) is 5.01. The molecule has 1 heterocycles. The lowest BCUT2D eigenvalue weighted by Crippen LogP contribution is -2.41. The van der Waals surface area contributed by atoms with Crippen molar-refractivity contribution >= 4 is 12.1 Å². The van der Waals surface area contributed by atoms with E-state index in [4.69, 9.17) is 4.74 Å². The van der Waals surface area contributed by atoms with Crippen LogP contribution in [0.4, 0.5) is 4.79 Å². The number of esters is 1. The molecule has 16 heavy (non-hydrogen) atoms. The maximum absolute atomic E-state index is 11.6. The van der Waals surface area contributed by atoms with Crippen molar-refractivity contribution in [3.63, 3.8) is 0 Å². The maximum Gasteiger partial charge on any atom is 0.415 e. The Morgan fingerprint density at radius 1 is 1.50 bits per heavy atom. The Labute approximate surface area is 93.4 Å². The molecule has 6 heteroatoms. The fourth-order valence-electron chi connectivity index (χ4n) is 1.58. The highest BCUT2D eigenvalue weighted by atomic mass is 16.6. The first kappa shape index (κ1) is 12.5. The van der Waals surface area contributed by atoms with E-state index in [0.29, 0.717) is 0 Å². The van der Waals surface area contributed by atoms with Crippen LogP contribution in [0.1, 0.15) is 13.3 Å². The minimum absolute atomic E-state index is 0.0614. The van der Waals surface area contributed by atoms with E-state index in [1.54, 1.807) is 0 Å². The van der Waals surface area contributed by atoms with Crippen LogP contribution in [0.3, 0.4) is 0 Å². The summed E-state index contributed by atoms with van der Waals surface area (Å²) in [5, 5.41) is 9.42. The maximum atomic E-state index is 11.6. The summed E-state index contributed by atoms with van der Waals surface area (Å²) in [5.41, 5.74) is 0. The number of allylic oxidation sites excluding steroid dienone is 1. The molecule has 1 fully saturated rings. The number of amides is 1. The van der Waals surface area contributed by atoms with Crippen molar-refractivity contribution in [2.24, 2.45) is 0 Å². The highest BCUT2D eigenvalue weighted by Gasteiger charge is 2.40. The minimum atomic E-state index is -0.785. The Kier molecular flexibility index (Phi) is 3.89. The van der Waals surface area contributed by atoms with Gasteiger partial charge in [0.05, 0.1) is 25.5 Å². The second-order valence-corrected chi connectivity index (χ2v) is 3.65. The summed E-state index contributed by atoms with van der Waals surface area (Å²) in [7, 11) is 1.23. The van der Waals surface area contributed by atoms with E-state index in [2.05, 4.69) is 11.3 Å². The molecule has 1 amide bonds. The third-order valence-corrected chi connectivity index (χ3v) is 2.25. The lowest BCUT2D eigenvalue weighted by Gasteiger charge is -2.21. The van der Waals surface area contributed by atoms with E-state index in [9.17, 15) is 14.7 Å². The van der Waals surface area contributed by atoms with Gasteiger partial charge in [-0.25, -0.2) is 9.59 Å².